The molecule has 38 heavy (non-hydrogen) atoms. The van der Waals surface area contributed by atoms with Crippen LogP contribution in [0.15, 0.2) is 98.8 Å². The van der Waals surface area contributed by atoms with Crippen molar-refractivity contribution >= 4 is 56.7 Å². The van der Waals surface area contributed by atoms with Crippen molar-refractivity contribution in [2.75, 3.05) is 11.4 Å². The van der Waals surface area contributed by atoms with Gasteiger partial charge >= 0.3 is 0 Å². The Morgan fingerprint density at radius 1 is 0.947 bits per heavy atom. The molecule has 3 atom stereocenters. The van der Waals surface area contributed by atoms with Gasteiger partial charge in [-0.25, -0.2) is 9.91 Å². The van der Waals surface area contributed by atoms with Crippen LogP contribution in [-0.4, -0.2) is 52.1 Å². The third-order valence-corrected chi connectivity index (χ3v) is 7.55. The van der Waals surface area contributed by atoms with Crippen molar-refractivity contribution in [3.8, 4) is 0 Å². The first-order valence-electron chi connectivity index (χ1n) is 11.9. The van der Waals surface area contributed by atoms with E-state index in [0.29, 0.717) is 17.1 Å². The number of hydrazone groups is 1. The van der Waals surface area contributed by atoms with Gasteiger partial charge in [-0.15, -0.1) is 0 Å². The molecule has 3 aliphatic rings. The number of benzene rings is 3. The molecule has 1 saturated heterocycles. The summed E-state index contributed by atoms with van der Waals surface area (Å²) >= 11 is 9.41. The maximum absolute atomic E-state index is 13.6. The minimum Gasteiger partial charge on any atom is -0.271 e. The lowest BCUT2D eigenvalue weighted by Gasteiger charge is -2.25. The molecule has 3 amide bonds. The number of amides is 3. The molecule has 190 valence electrons. The molecular formula is C27H20BrClN6O3. The van der Waals surface area contributed by atoms with Crippen molar-refractivity contribution in [3.05, 3.63) is 99.5 Å². The molecule has 0 radical (unpaired) electrons. The van der Waals surface area contributed by atoms with Crippen LogP contribution in [0.1, 0.15) is 23.6 Å². The zero-order valence-electron chi connectivity index (χ0n) is 19.8. The van der Waals surface area contributed by atoms with Crippen LogP contribution in [0.2, 0.25) is 5.02 Å². The number of anilines is 1. The smallest absolute Gasteiger partial charge is 0.264 e. The molecule has 3 aromatic carbocycles. The minimum atomic E-state index is -1.00. The Kier molecular flexibility index (Phi) is 6.29. The van der Waals surface area contributed by atoms with Gasteiger partial charge in [0.2, 0.25) is 0 Å². The average molecular weight is 592 g/mol. The molecule has 1 fully saturated rings. The number of hydrogen-bond donors (Lipinski definition) is 0. The van der Waals surface area contributed by atoms with Gasteiger partial charge in [0.05, 0.1) is 17.4 Å². The van der Waals surface area contributed by atoms with Crippen molar-refractivity contribution in [3.63, 3.8) is 0 Å². The van der Waals surface area contributed by atoms with Crippen LogP contribution < -0.4 is 4.90 Å². The number of imide groups is 1. The summed E-state index contributed by atoms with van der Waals surface area (Å²) in [5, 5.41) is 16.0. The molecule has 0 aliphatic carbocycles. The molecule has 0 bridgehead atoms. The van der Waals surface area contributed by atoms with E-state index in [1.54, 1.807) is 24.3 Å². The number of carbonyl (C=O) groups excluding carboxylic acids is 3. The van der Waals surface area contributed by atoms with E-state index in [2.05, 4.69) is 31.4 Å². The summed E-state index contributed by atoms with van der Waals surface area (Å²) in [6, 6.07) is 21.5. The lowest BCUT2D eigenvalue weighted by molar-refractivity contribution is -0.135. The topological polar surface area (TPSA) is 98.0 Å². The molecule has 11 heteroatoms. The largest absolute Gasteiger partial charge is 0.271 e. The van der Waals surface area contributed by atoms with Crippen molar-refractivity contribution in [2.24, 2.45) is 15.4 Å². The first-order chi connectivity index (χ1) is 18.4. The minimum absolute atomic E-state index is 0.251. The highest BCUT2D eigenvalue weighted by molar-refractivity contribution is 9.10. The Labute approximate surface area is 231 Å². The van der Waals surface area contributed by atoms with Gasteiger partial charge in [-0.3, -0.25) is 19.4 Å². The molecule has 3 aromatic rings. The molecule has 0 unspecified atom stereocenters. The zero-order chi connectivity index (χ0) is 26.4. The maximum atomic E-state index is 13.6. The molecule has 0 aromatic heterocycles. The van der Waals surface area contributed by atoms with Crippen molar-refractivity contribution < 1.29 is 14.4 Å². The van der Waals surface area contributed by atoms with E-state index in [4.69, 9.17) is 11.6 Å². The van der Waals surface area contributed by atoms with Gasteiger partial charge in [0, 0.05) is 15.9 Å². The number of carbonyl (C=O) groups is 3. The molecule has 9 nitrogen and oxygen atoms in total. The predicted molar refractivity (Wildman–Crippen MR) is 144 cm³/mol. The summed E-state index contributed by atoms with van der Waals surface area (Å²) in [4.78, 5) is 41.0. The van der Waals surface area contributed by atoms with Gasteiger partial charge in [0.25, 0.3) is 17.7 Å². The fraction of sp³-hybridized carbons (Fsp3) is 0.185. The molecule has 6 rings (SSSR count). The molecule has 0 spiro atoms. The molecule has 3 aliphatic heterocycles. The van der Waals surface area contributed by atoms with E-state index in [1.165, 1.54) is 10.0 Å². The van der Waals surface area contributed by atoms with E-state index in [9.17, 15) is 14.4 Å². The maximum Gasteiger partial charge on any atom is 0.264 e. The quantitative estimate of drug-likeness (QED) is 0.399. The van der Waals surface area contributed by atoms with Gasteiger partial charge in [-0.1, -0.05) is 75.2 Å². The third-order valence-electron chi connectivity index (χ3n) is 6.77. The van der Waals surface area contributed by atoms with E-state index in [-0.39, 0.29) is 18.5 Å². The van der Waals surface area contributed by atoms with E-state index in [1.807, 2.05) is 54.6 Å². The van der Waals surface area contributed by atoms with Crippen molar-refractivity contribution in [1.82, 2.24) is 10.0 Å². The van der Waals surface area contributed by atoms with Gasteiger partial charge in [0.1, 0.15) is 6.54 Å². The highest BCUT2D eigenvalue weighted by atomic mass is 79.9. The fourth-order valence-electron chi connectivity index (χ4n) is 4.90. The summed E-state index contributed by atoms with van der Waals surface area (Å²) in [6.45, 7) is -0.251. The van der Waals surface area contributed by atoms with Crippen LogP contribution in [0, 0.1) is 0 Å². The van der Waals surface area contributed by atoms with Crippen LogP contribution in [0.5, 0.6) is 0 Å². The van der Waals surface area contributed by atoms with Crippen molar-refractivity contribution in [1.29, 1.82) is 0 Å². The average Bonchev–Trinajstić information content (AvgIpc) is 3.61. The first-order valence-corrected chi connectivity index (χ1v) is 13.1. The summed E-state index contributed by atoms with van der Waals surface area (Å²) < 4.78 is 0.949. The van der Waals surface area contributed by atoms with Gasteiger partial charge in [-0.2, -0.15) is 10.2 Å². The number of hydrogen-bond acceptors (Lipinski definition) is 7. The highest BCUT2D eigenvalue weighted by Gasteiger charge is 2.55. The highest BCUT2D eigenvalue weighted by Crippen LogP contribution is 2.35. The van der Waals surface area contributed by atoms with Crippen molar-refractivity contribution in [2.45, 2.75) is 24.5 Å². The Morgan fingerprint density at radius 2 is 1.66 bits per heavy atom. The van der Waals surface area contributed by atoms with Gasteiger partial charge in [0.15, 0.2) is 12.1 Å². The van der Waals surface area contributed by atoms with E-state index in [0.717, 1.165) is 26.2 Å². The monoisotopic (exact) mass is 590 g/mol. The van der Waals surface area contributed by atoms with Gasteiger partial charge in [-0.05, 0) is 47.5 Å². The van der Waals surface area contributed by atoms with Crippen LogP contribution in [-0.2, 0) is 14.4 Å². The zero-order valence-corrected chi connectivity index (χ0v) is 22.2. The summed E-state index contributed by atoms with van der Waals surface area (Å²) in [6.07, 6.45) is 0.534. The van der Waals surface area contributed by atoms with E-state index < -0.39 is 23.9 Å². The Bertz CT molecular complexity index is 1480. The second kappa shape index (κ2) is 9.77. The number of halogens is 2. The lowest BCUT2D eigenvalue weighted by Crippen LogP contribution is -2.44. The Morgan fingerprint density at radius 3 is 2.37 bits per heavy atom. The summed E-state index contributed by atoms with van der Waals surface area (Å²) in [5.74, 6) is -1.32. The second-order valence-corrected chi connectivity index (χ2v) is 10.5. The standard InChI is InChI=1S/C27H20BrClN6O3/c28-18-8-6-16(7-9-18)21-14-22(17-4-2-1-3-5-17)35(31-21)23(36)15-33-25-24(30-32-33)26(37)34(27(25)38)20-12-10-19(29)11-13-20/h1-13,22,24-25H,14-15H2/t22-,24+,25-/m1/s1. The normalized spacial score (nSPS) is 22.3. The van der Waals surface area contributed by atoms with Crippen LogP contribution in [0.25, 0.3) is 0 Å². The number of fused-ring (bicyclic) bond motifs is 1. The van der Waals surface area contributed by atoms with Crippen LogP contribution in [0.4, 0.5) is 5.69 Å². The Balaban J connectivity index is 1.25. The lowest BCUT2D eigenvalue weighted by atomic mass is 9.98. The van der Waals surface area contributed by atoms with E-state index >= 15 is 0 Å². The molecule has 0 saturated carbocycles. The van der Waals surface area contributed by atoms with Gasteiger partial charge < -0.3 is 0 Å². The van der Waals surface area contributed by atoms with Crippen LogP contribution in [0.3, 0.4) is 0 Å². The molecule has 3 heterocycles. The summed E-state index contributed by atoms with van der Waals surface area (Å²) in [7, 11) is 0. The van der Waals surface area contributed by atoms with Crippen LogP contribution >= 0.6 is 27.5 Å². The summed E-state index contributed by atoms with van der Waals surface area (Å²) in [5.41, 5.74) is 3.04. The SMILES string of the molecule is O=C1[C@H]2N=NN(CC(=O)N3N=C(c4ccc(Br)cc4)C[C@@H]3c3ccccc3)[C@H]2C(=O)N1c1ccc(Cl)cc1. The fourth-order valence-corrected chi connectivity index (χ4v) is 5.29. The number of nitrogens with zero attached hydrogens (tertiary/aromatic N) is 6. The molecule has 0 N–H and O–H groups in total. The predicted octanol–water partition coefficient (Wildman–Crippen LogP) is 4.77. The first kappa shape index (κ1) is 24.4. The molecular weight excluding hydrogens is 572 g/mol. The third kappa shape index (κ3) is 4.29. The number of rotatable bonds is 5. The second-order valence-electron chi connectivity index (χ2n) is 9.10. The Hall–Kier alpha value is -3.89.